The van der Waals surface area contributed by atoms with Gasteiger partial charge in [0.2, 0.25) is 0 Å². The molecule has 2 aliphatic rings. The molecular weight excluding hydrogens is 477 g/mol. The molecule has 1 heterocycles. The van der Waals surface area contributed by atoms with Crippen LogP contribution in [-0.4, -0.2) is 42.2 Å². The van der Waals surface area contributed by atoms with Gasteiger partial charge in [-0.05, 0) is 94.3 Å². The molecule has 4 atom stereocenters. The van der Waals surface area contributed by atoms with Gasteiger partial charge in [-0.15, -0.1) is 11.6 Å². The summed E-state index contributed by atoms with van der Waals surface area (Å²) < 4.78 is 19.9. The van der Waals surface area contributed by atoms with E-state index < -0.39 is 12.1 Å². The number of unbranched alkanes of at least 4 members (excludes halogenated alkanes) is 1. The van der Waals surface area contributed by atoms with Gasteiger partial charge >= 0.3 is 0 Å². The minimum Gasteiger partial charge on any atom is -0.361 e. The van der Waals surface area contributed by atoms with Crippen LogP contribution in [0.2, 0.25) is 0 Å². The van der Waals surface area contributed by atoms with Crippen molar-refractivity contribution in [3.8, 4) is 0 Å². The number of rotatable bonds is 12. The molecule has 5 nitrogen and oxygen atoms in total. The zero-order valence-corrected chi connectivity index (χ0v) is 22.5. The molecule has 1 saturated carbocycles. The van der Waals surface area contributed by atoms with E-state index >= 15 is 0 Å². The van der Waals surface area contributed by atoms with Gasteiger partial charge in [-0.2, -0.15) is 0 Å². The summed E-state index contributed by atoms with van der Waals surface area (Å²) in [5.41, 5.74) is 4.13. The van der Waals surface area contributed by atoms with Crippen LogP contribution in [0, 0.1) is 6.92 Å². The molecule has 1 fully saturated rings. The smallest absolute Gasteiger partial charge is 0.256 e. The molecule has 0 bridgehead atoms. The molecule has 1 aromatic heterocycles. The molecule has 2 aliphatic carbocycles. The fraction of sp³-hybridized carbons (Fsp3) is 0.655. The lowest BCUT2D eigenvalue weighted by Crippen LogP contribution is -2.32. The zero-order chi connectivity index (χ0) is 25.5. The van der Waals surface area contributed by atoms with Crippen molar-refractivity contribution in [2.75, 3.05) is 19.6 Å². The first-order valence-corrected chi connectivity index (χ1v) is 14.2. The third kappa shape index (κ3) is 5.96. The molecule has 0 aliphatic heterocycles. The first-order chi connectivity index (χ1) is 17.5. The van der Waals surface area contributed by atoms with Gasteiger partial charge in [0.1, 0.15) is 23.2 Å². The van der Waals surface area contributed by atoms with Gasteiger partial charge in [0.25, 0.3) is 5.91 Å². The van der Waals surface area contributed by atoms with E-state index in [1.54, 1.807) is 12.5 Å². The Hall–Kier alpha value is -1.92. The number of halogens is 2. The van der Waals surface area contributed by atoms with Crippen LogP contribution in [0.3, 0.4) is 0 Å². The second-order valence-electron chi connectivity index (χ2n) is 10.6. The van der Waals surface area contributed by atoms with Crippen molar-refractivity contribution in [1.82, 2.24) is 15.8 Å². The minimum absolute atomic E-state index is 0.250. The van der Waals surface area contributed by atoms with Crippen molar-refractivity contribution in [2.45, 2.75) is 101 Å². The standard InChI is InChI=1S/C29H41ClFN3O2/c1-3-14-29(15-13-21-9-4-5-10-22(21)29)16-19-32-17-6-7-18-33-28(35)25-20(2)36-34-27(25)26-23(30)11-8-12-24(26)31/h4-5,9-10,23-24,26,32H,3,6-8,11-19H2,1-2H3,(H,33,35)/t23-,24?,26?,29?/m1/s1. The Bertz CT molecular complexity index is 998. The van der Waals surface area contributed by atoms with E-state index in [2.05, 4.69) is 47.0 Å². The van der Waals surface area contributed by atoms with Gasteiger partial charge in [-0.3, -0.25) is 4.79 Å². The number of fused-ring (bicyclic) bond motifs is 1. The van der Waals surface area contributed by atoms with Crippen LogP contribution >= 0.6 is 11.6 Å². The van der Waals surface area contributed by atoms with Crippen LogP contribution in [0.5, 0.6) is 0 Å². The third-order valence-corrected chi connectivity index (χ3v) is 8.70. The van der Waals surface area contributed by atoms with Crippen molar-refractivity contribution in [1.29, 1.82) is 0 Å². The average molecular weight is 518 g/mol. The summed E-state index contributed by atoms with van der Waals surface area (Å²) in [4.78, 5) is 12.9. The maximum atomic E-state index is 14.6. The van der Waals surface area contributed by atoms with Gasteiger partial charge in [0.15, 0.2) is 0 Å². The molecule has 3 unspecified atom stereocenters. The predicted molar refractivity (Wildman–Crippen MR) is 143 cm³/mol. The van der Waals surface area contributed by atoms with Crippen LogP contribution in [0.4, 0.5) is 4.39 Å². The maximum Gasteiger partial charge on any atom is 0.256 e. The van der Waals surface area contributed by atoms with E-state index in [-0.39, 0.29) is 11.3 Å². The van der Waals surface area contributed by atoms with Crippen molar-refractivity contribution < 1.29 is 13.7 Å². The number of carbonyl (C=O) groups is 1. The molecule has 0 radical (unpaired) electrons. The van der Waals surface area contributed by atoms with Gasteiger partial charge in [-0.25, -0.2) is 4.39 Å². The Labute approximate surface area is 219 Å². The number of nitrogens with one attached hydrogen (secondary N) is 2. The highest BCUT2D eigenvalue weighted by Gasteiger charge is 2.39. The summed E-state index contributed by atoms with van der Waals surface area (Å²) in [5, 5.41) is 10.3. The molecule has 198 valence electrons. The molecule has 1 aromatic carbocycles. The second-order valence-corrected chi connectivity index (χ2v) is 11.2. The molecule has 2 aromatic rings. The molecule has 4 rings (SSSR count). The van der Waals surface area contributed by atoms with Crippen LogP contribution in [-0.2, 0) is 11.8 Å². The molecule has 7 heteroatoms. The molecule has 36 heavy (non-hydrogen) atoms. The number of alkyl halides is 2. The normalized spacial score (nSPS) is 25.6. The third-order valence-electron chi connectivity index (χ3n) is 8.21. The highest BCUT2D eigenvalue weighted by Crippen LogP contribution is 2.44. The largest absolute Gasteiger partial charge is 0.361 e. The maximum absolute atomic E-state index is 14.6. The average Bonchev–Trinajstić information content (AvgIpc) is 3.42. The molecule has 0 saturated heterocycles. The topological polar surface area (TPSA) is 67.2 Å². The molecule has 0 spiro atoms. The van der Waals surface area contributed by atoms with E-state index in [0.29, 0.717) is 35.4 Å². The van der Waals surface area contributed by atoms with Gasteiger partial charge in [0, 0.05) is 11.9 Å². The molecule has 1 amide bonds. The summed E-state index contributed by atoms with van der Waals surface area (Å²) in [6, 6.07) is 8.96. The molecular formula is C29H41ClFN3O2. The second kappa shape index (κ2) is 12.6. The van der Waals surface area contributed by atoms with Crippen LogP contribution in [0.15, 0.2) is 28.8 Å². The number of carbonyl (C=O) groups excluding carboxylic acids is 1. The number of aromatic nitrogens is 1. The fourth-order valence-electron chi connectivity index (χ4n) is 6.33. The molecule has 2 N–H and O–H groups in total. The van der Waals surface area contributed by atoms with Crippen LogP contribution in [0.1, 0.15) is 104 Å². The minimum atomic E-state index is -1.10. The lowest BCUT2D eigenvalue weighted by atomic mass is 9.75. The first kappa shape index (κ1) is 27.1. The number of hydrogen-bond donors (Lipinski definition) is 2. The van der Waals surface area contributed by atoms with Crippen LogP contribution < -0.4 is 10.6 Å². The van der Waals surface area contributed by atoms with Crippen molar-refractivity contribution in [3.05, 3.63) is 52.4 Å². The van der Waals surface area contributed by atoms with E-state index in [0.717, 1.165) is 38.8 Å². The number of hydrogen-bond acceptors (Lipinski definition) is 4. The SMILES string of the molecule is CCCC1(CCNCCCCNC(=O)c2c(C3C(F)CCC[C@H]3Cl)noc2C)CCc2ccccc21. The Morgan fingerprint density at radius 3 is 2.81 bits per heavy atom. The van der Waals surface area contributed by atoms with Gasteiger partial charge in [0.05, 0.1) is 5.92 Å². The quantitative estimate of drug-likeness (QED) is 0.253. The summed E-state index contributed by atoms with van der Waals surface area (Å²) in [6.45, 7) is 6.48. The Morgan fingerprint density at radius 1 is 1.19 bits per heavy atom. The van der Waals surface area contributed by atoms with Gasteiger partial charge < -0.3 is 15.2 Å². The number of benzene rings is 1. The van der Waals surface area contributed by atoms with Crippen molar-refractivity contribution in [2.24, 2.45) is 0 Å². The lowest BCUT2D eigenvalue weighted by Gasteiger charge is -2.30. The summed E-state index contributed by atoms with van der Waals surface area (Å²) in [6.07, 6.45) is 8.74. The Kier molecular flexibility index (Phi) is 9.46. The zero-order valence-electron chi connectivity index (χ0n) is 21.8. The van der Waals surface area contributed by atoms with Crippen molar-refractivity contribution in [3.63, 3.8) is 0 Å². The van der Waals surface area contributed by atoms with E-state index in [1.807, 2.05) is 0 Å². The van der Waals surface area contributed by atoms with E-state index in [1.165, 1.54) is 37.7 Å². The number of aryl methyl sites for hydroxylation is 2. The van der Waals surface area contributed by atoms with E-state index in [9.17, 15) is 9.18 Å². The Balaban J connectivity index is 1.19. The summed E-state index contributed by atoms with van der Waals surface area (Å²) in [7, 11) is 0. The highest BCUT2D eigenvalue weighted by molar-refractivity contribution is 6.21. The first-order valence-electron chi connectivity index (χ1n) is 13.8. The van der Waals surface area contributed by atoms with Gasteiger partial charge in [-0.1, -0.05) is 42.8 Å². The Morgan fingerprint density at radius 2 is 2.00 bits per heavy atom. The van der Waals surface area contributed by atoms with Crippen LogP contribution in [0.25, 0.3) is 0 Å². The fourth-order valence-corrected chi connectivity index (χ4v) is 6.77. The predicted octanol–water partition coefficient (Wildman–Crippen LogP) is 6.37. The van der Waals surface area contributed by atoms with Crippen molar-refractivity contribution >= 4 is 17.5 Å². The number of amides is 1. The lowest BCUT2D eigenvalue weighted by molar-refractivity contribution is 0.0949. The summed E-state index contributed by atoms with van der Waals surface area (Å²) in [5.74, 6) is -0.425. The monoisotopic (exact) mass is 517 g/mol. The number of nitrogens with zero attached hydrogens (tertiary/aromatic N) is 1. The van der Waals surface area contributed by atoms with E-state index in [4.69, 9.17) is 16.1 Å². The summed E-state index contributed by atoms with van der Waals surface area (Å²) >= 11 is 6.42. The highest BCUT2D eigenvalue weighted by atomic mass is 35.5.